The second kappa shape index (κ2) is 12.5. The second-order valence-electron chi connectivity index (χ2n) is 8.60. The van der Waals surface area contributed by atoms with Crippen LogP contribution in [0.5, 0.6) is 0 Å². The predicted molar refractivity (Wildman–Crippen MR) is 105 cm³/mol. The summed E-state index contributed by atoms with van der Waals surface area (Å²) in [6, 6.07) is 1.55. The number of hydrogen-bond donors (Lipinski definition) is 0. The summed E-state index contributed by atoms with van der Waals surface area (Å²) >= 11 is 0. The molecule has 0 aromatic heterocycles. The van der Waals surface area contributed by atoms with Gasteiger partial charge in [0.2, 0.25) is 0 Å². The van der Waals surface area contributed by atoms with Crippen molar-refractivity contribution in [2.24, 2.45) is 17.8 Å². The number of nitrogens with zero attached hydrogens (tertiary/aromatic N) is 1. The molecule has 2 rings (SSSR count). The fourth-order valence-corrected chi connectivity index (χ4v) is 4.72. The van der Waals surface area contributed by atoms with Crippen molar-refractivity contribution < 1.29 is 9.13 Å². The van der Waals surface area contributed by atoms with Crippen LogP contribution in [0.15, 0.2) is 11.9 Å². The maximum Gasteiger partial charge on any atom is 0.196 e. The maximum absolute atomic E-state index is 12.8. The molecule has 0 spiro atoms. The van der Waals surface area contributed by atoms with Gasteiger partial charge in [0.05, 0.1) is 6.10 Å². The molecule has 26 heavy (non-hydrogen) atoms. The van der Waals surface area contributed by atoms with Crippen molar-refractivity contribution in [2.75, 3.05) is 6.61 Å². The Hall–Kier alpha value is -0.880. The molecule has 0 aliphatic heterocycles. The monoisotopic (exact) mass is 363 g/mol. The Morgan fingerprint density at radius 3 is 2.23 bits per heavy atom. The van der Waals surface area contributed by atoms with Crippen molar-refractivity contribution in [3.63, 3.8) is 0 Å². The highest BCUT2D eigenvalue weighted by atomic mass is 19.1. The van der Waals surface area contributed by atoms with Crippen LogP contribution in [0.3, 0.4) is 0 Å². The lowest BCUT2D eigenvalue weighted by Gasteiger charge is -2.32. The molecule has 0 unspecified atom stereocenters. The van der Waals surface area contributed by atoms with E-state index in [1.54, 1.807) is 6.07 Å². The van der Waals surface area contributed by atoms with Crippen molar-refractivity contribution in [1.82, 2.24) is 0 Å². The first-order valence-electron chi connectivity index (χ1n) is 11.1. The van der Waals surface area contributed by atoms with Crippen molar-refractivity contribution in [3.8, 4) is 6.07 Å². The Bertz CT molecular complexity index is 440. The van der Waals surface area contributed by atoms with E-state index < -0.39 is 5.83 Å². The molecule has 2 aliphatic rings. The average molecular weight is 364 g/mol. The average Bonchev–Trinajstić information content (AvgIpc) is 2.68. The van der Waals surface area contributed by atoms with E-state index in [-0.39, 0.29) is 0 Å². The van der Waals surface area contributed by atoms with Gasteiger partial charge in [-0.05, 0) is 75.2 Å². The van der Waals surface area contributed by atoms with Crippen molar-refractivity contribution >= 4 is 0 Å². The van der Waals surface area contributed by atoms with E-state index in [2.05, 4.69) is 6.92 Å². The minimum Gasteiger partial charge on any atom is -0.378 e. The molecule has 0 N–H and O–H groups in total. The summed E-state index contributed by atoms with van der Waals surface area (Å²) in [4.78, 5) is 0. The quantitative estimate of drug-likeness (QED) is 0.306. The minimum atomic E-state index is -0.637. The first-order valence-corrected chi connectivity index (χ1v) is 11.1. The summed E-state index contributed by atoms with van der Waals surface area (Å²) in [6.07, 6.45) is 19.4. The first-order chi connectivity index (χ1) is 12.7. The van der Waals surface area contributed by atoms with Gasteiger partial charge in [0.1, 0.15) is 6.07 Å². The molecule has 2 fully saturated rings. The number of ether oxygens (including phenoxy) is 1. The van der Waals surface area contributed by atoms with Gasteiger partial charge in [-0.2, -0.15) is 9.65 Å². The summed E-state index contributed by atoms with van der Waals surface area (Å²) in [5.74, 6) is 1.81. The van der Waals surface area contributed by atoms with Crippen molar-refractivity contribution in [2.45, 2.75) is 103 Å². The Morgan fingerprint density at radius 1 is 0.962 bits per heavy atom. The SMILES string of the molecule is CCCCC[C@H]1CC[C@H](CO[C@H]2CC[C@H](CC/C=C(\F)C#N)CC2)CC1. The molecule has 0 radical (unpaired) electrons. The van der Waals surface area contributed by atoms with Crippen molar-refractivity contribution in [3.05, 3.63) is 11.9 Å². The van der Waals surface area contributed by atoms with Crippen LogP contribution < -0.4 is 0 Å². The Morgan fingerprint density at radius 2 is 1.58 bits per heavy atom. The van der Waals surface area contributed by atoms with Gasteiger partial charge in [-0.25, -0.2) is 0 Å². The number of unbranched alkanes of at least 4 members (excludes halogenated alkanes) is 2. The summed E-state index contributed by atoms with van der Waals surface area (Å²) in [5.41, 5.74) is 0. The molecule has 0 bridgehead atoms. The molecule has 0 aromatic rings. The topological polar surface area (TPSA) is 33.0 Å². The standard InChI is InChI=1S/C23H38FNO/c1-2-3-4-6-19-9-11-21(12-10-19)18-26-23-15-13-20(14-16-23)7-5-8-22(24)17-25/h8,19-21,23H,2-7,9-16,18H2,1H3/b22-8-/t19-,20-,21-,23-. The van der Waals surface area contributed by atoms with Crippen LogP contribution in [0.25, 0.3) is 0 Å². The third-order valence-corrected chi connectivity index (χ3v) is 6.55. The summed E-state index contributed by atoms with van der Waals surface area (Å²) in [7, 11) is 0. The molecular formula is C23H38FNO. The number of rotatable bonds is 10. The zero-order chi connectivity index (χ0) is 18.6. The van der Waals surface area contributed by atoms with Gasteiger partial charge >= 0.3 is 0 Å². The lowest BCUT2D eigenvalue weighted by atomic mass is 9.80. The normalized spacial score (nSPS) is 30.1. The molecule has 3 heteroatoms. The molecule has 2 nitrogen and oxygen atoms in total. The third kappa shape index (κ3) is 8.21. The van der Waals surface area contributed by atoms with E-state index in [1.165, 1.54) is 70.3 Å². The minimum absolute atomic E-state index is 0.444. The highest BCUT2D eigenvalue weighted by Gasteiger charge is 2.24. The second-order valence-corrected chi connectivity index (χ2v) is 8.60. The Kier molecular flexibility index (Phi) is 10.3. The molecule has 0 amide bonds. The van der Waals surface area contributed by atoms with E-state index >= 15 is 0 Å². The zero-order valence-corrected chi connectivity index (χ0v) is 16.7. The van der Waals surface area contributed by atoms with Crippen LogP contribution in [0, 0.1) is 29.1 Å². The summed E-state index contributed by atoms with van der Waals surface area (Å²) in [5, 5.41) is 8.43. The van der Waals surface area contributed by atoms with Crippen LogP contribution in [-0.4, -0.2) is 12.7 Å². The van der Waals surface area contributed by atoms with Crippen LogP contribution in [-0.2, 0) is 4.74 Å². The largest absolute Gasteiger partial charge is 0.378 e. The smallest absolute Gasteiger partial charge is 0.196 e. The van der Waals surface area contributed by atoms with Crippen LogP contribution in [0.1, 0.15) is 96.8 Å². The molecule has 0 atom stereocenters. The van der Waals surface area contributed by atoms with E-state index in [4.69, 9.17) is 10.00 Å². The van der Waals surface area contributed by atoms with Gasteiger partial charge in [-0.15, -0.1) is 0 Å². The third-order valence-electron chi connectivity index (χ3n) is 6.55. The lowest BCUT2D eigenvalue weighted by Crippen LogP contribution is -2.26. The maximum atomic E-state index is 12.8. The van der Waals surface area contributed by atoms with Crippen LogP contribution in [0.2, 0.25) is 0 Å². The lowest BCUT2D eigenvalue weighted by molar-refractivity contribution is -0.0102. The van der Waals surface area contributed by atoms with Gasteiger partial charge in [-0.1, -0.05) is 45.4 Å². The molecule has 0 saturated heterocycles. The molecule has 0 aromatic carbocycles. The van der Waals surface area contributed by atoms with E-state index in [9.17, 15) is 4.39 Å². The van der Waals surface area contributed by atoms with Gasteiger partial charge in [0, 0.05) is 6.61 Å². The summed E-state index contributed by atoms with van der Waals surface area (Å²) in [6.45, 7) is 3.25. The molecule has 148 valence electrons. The van der Waals surface area contributed by atoms with E-state index in [0.717, 1.165) is 37.7 Å². The highest BCUT2D eigenvalue weighted by Crippen LogP contribution is 2.34. The Balaban J connectivity index is 1.52. The highest BCUT2D eigenvalue weighted by molar-refractivity contribution is 5.11. The first kappa shape index (κ1) is 21.4. The van der Waals surface area contributed by atoms with Gasteiger partial charge in [0.25, 0.3) is 0 Å². The van der Waals surface area contributed by atoms with Crippen molar-refractivity contribution in [1.29, 1.82) is 5.26 Å². The van der Waals surface area contributed by atoms with Gasteiger partial charge in [0.15, 0.2) is 5.83 Å². The molecule has 2 aliphatic carbocycles. The molecule has 0 heterocycles. The van der Waals surface area contributed by atoms with Crippen LogP contribution >= 0.6 is 0 Å². The van der Waals surface area contributed by atoms with Gasteiger partial charge in [-0.3, -0.25) is 0 Å². The summed E-state index contributed by atoms with van der Waals surface area (Å²) < 4.78 is 19.1. The zero-order valence-electron chi connectivity index (χ0n) is 16.7. The number of nitriles is 1. The number of hydrogen-bond acceptors (Lipinski definition) is 2. The molecular weight excluding hydrogens is 325 g/mol. The number of allylic oxidation sites excluding steroid dienone is 2. The fraction of sp³-hybridized carbons (Fsp3) is 0.870. The van der Waals surface area contributed by atoms with E-state index in [1.807, 2.05) is 0 Å². The van der Waals surface area contributed by atoms with Crippen LogP contribution in [0.4, 0.5) is 4.39 Å². The van der Waals surface area contributed by atoms with Gasteiger partial charge < -0.3 is 4.74 Å². The van der Waals surface area contributed by atoms with E-state index in [0.29, 0.717) is 18.4 Å². The number of halogens is 1. The molecule has 2 saturated carbocycles. The Labute approximate surface area is 160 Å². The fourth-order valence-electron chi connectivity index (χ4n) is 4.72. The predicted octanol–water partition coefficient (Wildman–Crippen LogP) is 7.11.